The standard InChI is InChI=1S/C19H22N2O4/c1-13(18(22)23)12-21(2)19(24)20-15-8-6-7-14(11-15)16-9-4-5-10-17(16)25-3/h4-11,13H,12H2,1-3H3,(H,20,24)(H,22,23). The van der Waals surface area contributed by atoms with E-state index in [1.54, 1.807) is 27.1 Å². The van der Waals surface area contributed by atoms with Gasteiger partial charge in [0.15, 0.2) is 0 Å². The van der Waals surface area contributed by atoms with Crippen molar-refractivity contribution in [3.8, 4) is 16.9 Å². The fourth-order valence-electron chi connectivity index (χ4n) is 2.44. The molecule has 0 aromatic heterocycles. The van der Waals surface area contributed by atoms with Crippen LogP contribution in [-0.2, 0) is 4.79 Å². The fraction of sp³-hybridized carbons (Fsp3) is 0.263. The minimum absolute atomic E-state index is 0.132. The third-order valence-electron chi connectivity index (χ3n) is 3.85. The van der Waals surface area contributed by atoms with Crippen LogP contribution in [0.4, 0.5) is 10.5 Å². The van der Waals surface area contributed by atoms with Gasteiger partial charge in [-0.1, -0.05) is 37.3 Å². The van der Waals surface area contributed by atoms with Gasteiger partial charge in [0.25, 0.3) is 0 Å². The third kappa shape index (κ3) is 4.73. The molecule has 0 heterocycles. The number of amides is 2. The third-order valence-corrected chi connectivity index (χ3v) is 3.85. The summed E-state index contributed by atoms with van der Waals surface area (Å²) in [7, 11) is 3.18. The molecular weight excluding hydrogens is 320 g/mol. The summed E-state index contributed by atoms with van der Waals surface area (Å²) in [6.45, 7) is 1.70. The average Bonchev–Trinajstić information content (AvgIpc) is 2.61. The number of nitrogens with one attached hydrogen (secondary N) is 1. The Bertz CT molecular complexity index is 761. The van der Waals surface area contributed by atoms with Gasteiger partial charge in [-0.3, -0.25) is 4.79 Å². The van der Waals surface area contributed by atoms with Crippen molar-refractivity contribution >= 4 is 17.7 Å². The number of para-hydroxylation sites is 1. The Morgan fingerprint density at radius 3 is 2.60 bits per heavy atom. The molecule has 1 atom stereocenters. The maximum Gasteiger partial charge on any atom is 0.321 e. The smallest absolute Gasteiger partial charge is 0.321 e. The Morgan fingerprint density at radius 2 is 1.92 bits per heavy atom. The number of methoxy groups -OCH3 is 1. The van der Waals surface area contributed by atoms with E-state index in [0.717, 1.165) is 16.9 Å². The van der Waals surface area contributed by atoms with E-state index in [9.17, 15) is 9.59 Å². The highest BCUT2D eigenvalue weighted by Gasteiger charge is 2.17. The topological polar surface area (TPSA) is 78.9 Å². The molecule has 0 aliphatic carbocycles. The number of carboxylic acids is 1. The van der Waals surface area contributed by atoms with Crippen LogP contribution in [-0.4, -0.2) is 42.7 Å². The minimum Gasteiger partial charge on any atom is -0.496 e. The summed E-state index contributed by atoms with van der Waals surface area (Å²) in [6.07, 6.45) is 0. The Balaban J connectivity index is 2.14. The monoisotopic (exact) mass is 342 g/mol. The summed E-state index contributed by atoms with van der Waals surface area (Å²) in [6, 6.07) is 14.7. The highest BCUT2D eigenvalue weighted by atomic mass is 16.5. The van der Waals surface area contributed by atoms with Crippen LogP contribution in [0.5, 0.6) is 5.75 Å². The van der Waals surface area contributed by atoms with Crippen molar-refractivity contribution in [1.29, 1.82) is 0 Å². The zero-order valence-corrected chi connectivity index (χ0v) is 14.5. The predicted octanol–water partition coefficient (Wildman–Crippen LogP) is 3.55. The van der Waals surface area contributed by atoms with Gasteiger partial charge in [0.2, 0.25) is 0 Å². The van der Waals surface area contributed by atoms with Crippen molar-refractivity contribution in [2.75, 3.05) is 26.0 Å². The van der Waals surface area contributed by atoms with Crippen LogP contribution in [0.15, 0.2) is 48.5 Å². The molecule has 6 nitrogen and oxygen atoms in total. The highest BCUT2D eigenvalue weighted by molar-refractivity contribution is 5.90. The summed E-state index contributed by atoms with van der Waals surface area (Å²) in [4.78, 5) is 24.5. The first-order valence-electron chi connectivity index (χ1n) is 7.90. The quantitative estimate of drug-likeness (QED) is 0.841. The van der Waals surface area contributed by atoms with E-state index in [1.165, 1.54) is 4.90 Å². The van der Waals surface area contributed by atoms with E-state index in [1.807, 2.05) is 42.5 Å². The van der Waals surface area contributed by atoms with Gasteiger partial charge in [0.1, 0.15) is 5.75 Å². The number of nitrogens with zero attached hydrogens (tertiary/aromatic N) is 1. The number of carboxylic acid groups (broad SMARTS) is 1. The largest absolute Gasteiger partial charge is 0.496 e. The van der Waals surface area contributed by atoms with Crippen LogP contribution < -0.4 is 10.1 Å². The van der Waals surface area contributed by atoms with Crippen molar-refractivity contribution in [1.82, 2.24) is 4.90 Å². The molecule has 2 aromatic rings. The van der Waals surface area contributed by atoms with Gasteiger partial charge >= 0.3 is 12.0 Å². The first kappa shape index (κ1) is 18.3. The number of anilines is 1. The lowest BCUT2D eigenvalue weighted by molar-refractivity contribution is -0.141. The van der Waals surface area contributed by atoms with E-state index >= 15 is 0 Å². The number of ether oxygens (including phenoxy) is 1. The van der Waals surface area contributed by atoms with Gasteiger partial charge in [-0.15, -0.1) is 0 Å². The van der Waals surface area contributed by atoms with E-state index in [4.69, 9.17) is 9.84 Å². The van der Waals surface area contributed by atoms with Crippen molar-refractivity contribution in [2.45, 2.75) is 6.92 Å². The molecule has 2 amide bonds. The lowest BCUT2D eigenvalue weighted by Crippen LogP contribution is -2.36. The van der Waals surface area contributed by atoms with Crippen molar-refractivity contribution < 1.29 is 19.4 Å². The van der Waals surface area contributed by atoms with Crippen LogP contribution in [0.1, 0.15) is 6.92 Å². The molecule has 0 radical (unpaired) electrons. The van der Waals surface area contributed by atoms with E-state index in [-0.39, 0.29) is 12.6 Å². The molecule has 0 aliphatic heterocycles. The van der Waals surface area contributed by atoms with Gasteiger partial charge in [-0.05, 0) is 23.8 Å². The number of rotatable bonds is 6. The Hall–Kier alpha value is -3.02. The summed E-state index contributed by atoms with van der Waals surface area (Å²) in [5.74, 6) is -0.813. The molecule has 25 heavy (non-hydrogen) atoms. The van der Waals surface area contributed by atoms with E-state index < -0.39 is 11.9 Å². The number of hydrogen-bond acceptors (Lipinski definition) is 3. The first-order valence-corrected chi connectivity index (χ1v) is 7.90. The molecule has 0 saturated carbocycles. The maximum absolute atomic E-state index is 12.2. The lowest BCUT2D eigenvalue weighted by atomic mass is 10.0. The van der Waals surface area contributed by atoms with Gasteiger partial charge in [0.05, 0.1) is 13.0 Å². The second-order valence-corrected chi connectivity index (χ2v) is 5.83. The molecule has 0 spiro atoms. The van der Waals surface area contributed by atoms with Crippen LogP contribution in [0.2, 0.25) is 0 Å². The highest BCUT2D eigenvalue weighted by Crippen LogP contribution is 2.31. The summed E-state index contributed by atoms with van der Waals surface area (Å²) < 4.78 is 5.37. The molecule has 0 saturated heterocycles. The summed E-state index contributed by atoms with van der Waals surface area (Å²) in [5, 5.41) is 11.7. The maximum atomic E-state index is 12.2. The molecule has 2 aromatic carbocycles. The number of hydrogen-bond donors (Lipinski definition) is 2. The number of urea groups is 1. The minimum atomic E-state index is -0.933. The molecular formula is C19H22N2O4. The number of carbonyl (C=O) groups excluding carboxylic acids is 1. The molecule has 1 unspecified atom stereocenters. The molecule has 132 valence electrons. The Kier molecular flexibility index (Phi) is 6.00. The van der Waals surface area contributed by atoms with Crippen LogP contribution in [0, 0.1) is 5.92 Å². The zero-order chi connectivity index (χ0) is 18.4. The number of carbonyl (C=O) groups is 2. The van der Waals surface area contributed by atoms with Crippen molar-refractivity contribution in [2.24, 2.45) is 5.92 Å². The fourth-order valence-corrected chi connectivity index (χ4v) is 2.44. The molecule has 0 bridgehead atoms. The normalized spacial score (nSPS) is 11.5. The first-order chi connectivity index (χ1) is 11.9. The molecule has 0 fully saturated rings. The summed E-state index contributed by atoms with van der Waals surface area (Å²) in [5.41, 5.74) is 2.47. The van der Waals surface area contributed by atoms with Gasteiger partial charge < -0.3 is 20.1 Å². The molecule has 0 aliphatic rings. The summed E-state index contributed by atoms with van der Waals surface area (Å²) >= 11 is 0. The van der Waals surface area contributed by atoms with Crippen molar-refractivity contribution in [3.05, 3.63) is 48.5 Å². The molecule has 2 rings (SSSR count). The van der Waals surface area contributed by atoms with E-state index in [0.29, 0.717) is 5.69 Å². The van der Waals surface area contributed by atoms with Crippen LogP contribution >= 0.6 is 0 Å². The van der Waals surface area contributed by atoms with Crippen LogP contribution in [0.25, 0.3) is 11.1 Å². The number of benzene rings is 2. The molecule has 2 N–H and O–H groups in total. The van der Waals surface area contributed by atoms with Gasteiger partial charge in [0, 0.05) is 24.8 Å². The average molecular weight is 342 g/mol. The van der Waals surface area contributed by atoms with E-state index in [2.05, 4.69) is 5.32 Å². The van der Waals surface area contributed by atoms with Gasteiger partial charge in [-0.2, -0.15) is 0 Å². The second-order valence-electron chi connectivity index (χ2n) is 5.83. The molecule has 6 heteroatoms. The second kappa shape index (κ2) is 8.19. The SMILES string of the molecule is COc1ccccc1-c1cccc(NC(=O)N(C)CC(C)C(=O)O)c1. The van der Waals surface area contributed by atoms with Crippen molar-refractivity contribution in [3.63, 3.8) is 0 Å². The van der Waals surface area contributed by atoms with Gasteiger partial charge in [-0.25, -0.2) is 4.79 Å². The predicted molar refractivity (Wildman–Crippen MR) is 96.9 cm³/mol. The Labute approximate surface area is 147 Å². The number of aliphatic carboxylic acids is 1. The zero-order valence-electron chi connectivity index (χ0n) is 14.5. The van der Waals surface area contributed by atoms with Crippen LogP contribution in [0.3, 0.4) is 0 Å². The lowest BCUT2D eigenvalue weighted by Gasteiger charge is -2.20. The Morgan fingerprint density at radius 1 is 1.20 bits per heavy atom.